The molecule has 0 aliphatic heterocycles. The van der Waals surface area contributed by atoms with Gasteiger partial charge in [-0.25, -0.2) is 4.98 Å². The lowest BCUT2D eigenvalue weighted by molar-refractivity contribution is -0.118. The molecule has 0 aliphatic carbocycles. The zero-order valence-electron chi connectivity index (χ0n) is 18.6. The Labute approximate surface area is 204 Å². The highest BCUT2D eigenvalue weighted by Crippen LogP contribution is 2.37. The Balaban J connectivity index is 1.69. The number of anilines is 1. The number of amides is 1. The van der Waals surface area contributed by atoms with E-state index in [0.717, 1.165) is 32.6 Å². The highest BCUT2D eigenvalue weighted by atomic mass is 79.9. The van der Waals surface area contributed by atoms with E-state index in [0.29, 0.717) is 22.5 Å². The number of thiophene rings is 1. The third-order valence-corrected chi connectivity index (χ3v) is 7.16. The number of benzene rings is 2. The zero-order valence-corrected chi connectivity index (χ0v) is 21.0. The average Bonchev–Trinajstić information content (AvgIpc) is 3.20. The van der Waals surface area contributed by atoms with Crippen molar-refractivity contribution in [1.29, 1.82) is 0 Å². The maximum absolute atomic E-state index is 13.6. The molecule has 0 saturated carbocycles. The van der Waals surface area contributed by atoms with Gasteiger partial charge in [0.15, 0.2) is 0 Å². The van der Waals surface area contributed by atoms with Gasteiger partial charge in [0.2, 0.25) is 5.91 Å². The van der Waals surface area contributed by atoms with E-state index in [9.17, 15) is 9.59 Å². The number of hydrogen-bond acceptors (Lipinski definition) is 5. The molecule has 0 bridgehead atoms. The van der Waals surface area contributed by atoms with E-state index in [1.807, 2.05) is 31.2 Å². The van der Waals surface area contributed by atoms with E-state index in [4.69, 9.17) is 4.74 Å². The van der Waals surface area contributed by atoms with Gasteiger partial charge in [-0.1, -0.05) is 35.0 Å². The minimum absolute atomic E-state index is 0.219. The number of ether oxygens (including phenoxy) is 1. The van der Waals surface area contributed by atoms with E-state index >= 15 is 0 Å². The first-order valence-electron chi connectivity index (χ1n) is 10.7. The van der Waals surface area contributed by atoms with Gasteiger partial charge in [-0.2, -0.15) is 0 Å². The Morgan fingerprint density at radius 3 is 2.48 bits per heavy atom. The van der Waals surface area contributed by atoms with Crippen LogP contribution < -0.4 is 15.6 Å². The van der Waals surface area contributed by atoms with Gasteiger partial charge in [-0.3, -0.25) is 14.2 Å². The molecule has 1 amide bonds. The summed E-state index contributed by atoms with van der Waals surface area (Å²) in [4.78, 5) is 32.8. The highest BCUT2D eigenvalue weighted by molar-refractivity contribution is 9.10. The lowest BCUT2D eigenvalue weighted by Crippen LogP contribution is -2.31. The Bertz CT molecular complexity index is 1340. The standard InChI is InChI=1S/C25H24BrN3O3S/c1-4-20-21(16-6-8-17(26)9-7-16)22-24(33-20)27-14-29(25(22)31)15(3)23(30)28-18-10-12-19(13-11-18)32-5-2/h6-15H,4-5H2,1-3H3,(H,28,30). The molecule has 1 atom stereocenters. The Hall–Kier alpha value is -2.97. The molecule has 1 N–H and O–H groups in total. The van der Waals surface area contributed by atoms with E-state index in [-0.39, 0.29) is 11.5 Å². The van der Waals surface area contributed by atoms with Crippen molar-refractivity contribution in [3.63, 3.8) is 0 Å². The number of fused-ring (bicyclic) bond motifs is 1. The van der Waals surface area contributed by atoms with Gasteiger partial charge < -0.3 is 10.1 Å². The summed E-state index contributed by atoms with van der Waals surface area (Å²) >= 11 is 4.99. The van der Waals surface area contributed by atoms with Gasteiger partial charge in [0.25, 0.3) is 5.56 Å². The van der Waals surface area contributed by atoms with Crippen LogP contribution in [0.3, 0.4) is 0 Å². The summed E-state index contributed by atoms with van der Waals surface area (Å²) in [5.74, 6) is 0.442. The summed E-state index contributed by atoms with van der Waals surface area (Å²) in [6.45, 7) is 6.26. The summed E-state index contributed by atoms with van der Waals surface area (Å²) in [7, 11) is 0. The van der Waals surface area contributed by atoms with Crippen molar-refractivity contribution >= 4 is 49.1 Å². The zero-order chi connectivity index (χ0) is 23.5. The number of rotatable bonds is 7. The van der Waals surface area contributed by atoms with Gasteiger partial charge in [0.1, 0.15) is 16.6 Å². The molecule has 0 aliphatic rings. The Morgan fingerprint density at radius 2 is 1.85 bits per heavy atom. The Morgan fingerprint density at radius 1 is 1.15 bits per heavy atom. The predicted molar refractivity (Wildman–Crippen MR) is 137 cm³/mol. The van der Waals surface area contributed by atoms with Crippen molar-refractivity contribution in [2.75, 3.05) is 11.9 Å². The number of nitrogens with zero attached hydrogens (tertiary/aromatic N) is 2. The van der Waals surface area contributed by atoms with Crippen LogP contribution in [0.5, 0.6) is 5.75 Å². The van der Waals surface area contributed by atoms with Crippen LogP contribution in [-0.4, -0.2) is 22.1 Å². The molecule has 0 radical (unpaired) electrons. The summed E-state index contributed by atoms with van der Waals surface area (Å²) in [5.41, 5.74) is 2.28. The first-order chi connectivity index (χ1) is 15.9. The second kappa shape index (κ2) is 9.89. The molecule has 0 spiro atoms. The molecule has 2 heterocycles. The monoisotopic (exact) mass is 525 g/mol. The van der Waals surface area contributed by atoms with E-state index in [1.54, 1.807) is 31.2 Å². The first kappa shape index (κ1) is 23.2. The van der Waals surface area contributed by atoms with Crippen LogP contribution in [-0.2, 0) is 11.2 Å². The largest absolute Gasteiger partial charge is 0.494 e. The fourth-order valence-electron chi connectivity index (χ4n) is 3.67. The molecule has 2 aromatic carbocycles. The third kappa shape index (κ3) is 4.72. The summed E-state index contributed by atoms with van der Waals surface area (Å²) < 4.78 is 7.81. The topological polar surface area (TPSA) is 73.2 Å². The average molecular weight is 526 g/mol. The van der Waals surface area contributed by atoms with Crippen molar-refractivity contribution in [3.8, 4) is 16.9 Å². The molecule has 33 heavy (non-hydrogen) atoms. The fraction of sp³-hybridized carbons (Fsp3) is 0.240. The lowest BCUT2D eigenvalue weighted by atomic mass is 10.0. The van der Waals surface area contributed by atoms with Gasteiger partial charge in [0, 0.05) is 20.6 Å². The predicted octanol–water partition coefficient (Wildman–Crippen LogP) is 6.05. The molecule has 4 aromatic rings. The summed E-state index contributed by atoms with van der Waals surface area (Å²) in [5, 5.41) is 3.43. The smallest absolute Gasteiger partial charge is 0.263 e. The molecular weight excluding hydrogens is 502 g/mol. The molecule has 170 valence electrons. The van der Waals surface area contributed by atoms with Crippen molar-refractivity contribution in [2.45, 2.75) is 33.2 Å². The number of hydrogen-bond donors (Lipinski definition) is 1. The van der Waals surface area contributed by atoms with Crippen LogP contribution in [0.2, 0.25) is 0 Å². The quantitative estimate of drug-likeness (QED) is 0.318. The van der Waals surface area contributed by atoms with Crippen molar-refractivity contribution in [1.82, 2.24) is 9.55 Å². The van der Waals surface area contributed by atoms with Crippen LogP contribution in [0.4, 0.5) is 5.69 Å². The number of carbonyl (C=O) groups excluding carboxylic acids is 1. The fourth-order valence-corrected chi connectivity index (χ4v) is 5.03. The SMILES string of the molecule is CCOc1ccc(NC(=O)C(C)n2cnc3sc(CC)c(-c4ccc(Br)cc4)c3c2=O)cc1. The second-order valence-electron chi connectivity index (χ2n) is 7.52. The van der Waals surface area contributed by atoms with Gasteiger partial charge in [-0.05, 0) is 62.2 Å². The first-order valence-corrected chi connectivity index (χ1v) is 12.4. The van der Waals surface area contributed by atoms with Gasteiger partial charge in [0.05, 0.1) is 18.3 Å². The van der Waals surface area contributed by atoms with Crippen LogP contribution >= 0.6 is 27.3 Å². The molecule has 1 unspecified atom stereocenters. The second-order valence-corrected chi connectivity index (χ2v) is 9.52. The molecule has 4 rings (SSSR count). The molecular formula is C25H24BrN3O3S. The van der Waals surface area contributed by atoms with Crippen LogP contribution in [0.25, 0.3) is 21.3 Å². The van der Waals surface area contributed by atoms with E-state index < -0.39 is 6.04 Å². The Kier molecular flexibility index (Phi) is 6.95. The number of nitrogens with one attached hydrogen (secondary N) is 1. The molecule has 0 saturated heterocycles. The summed E-state index contributed by atoms with van der Waals surface area (Å²) in [6.07, 6.45) is 2.26. The van der Waals surface area contributed by atoms with Gasteiger partial charge in [-0.15, -0.1) is 11.3 Å². The number of aromatic nitrogens is 2. The van der Waals surface area contributed by atoms with Crippen molar-refractivity contribution in [3.05, 3.63) is 74.6 Å². The lowest BCUT2D eigenvalue weighted by Gasteiger charge is -2.15. The van der Waals surface area contributed by atoms with Crippen molar-refractivity contribution in [2.24, 2.45) is 0 Å². The third-order valence-electron chi connectivity index (χ3n) is 5.39. The highest BCUT2D eigenvalue weighted by Gasteiger charge is 2.22. The molecule has 8 heteroatoms. The van der Waals surface area contributed by atoms with Gasteiger partial charge >= 0.3 is 0 Å². The van der Waals surface area contributed by atoms with E-state index in [1.165, 1.54) is 22.2 Å². The van der Waals surface area contributed by atoms with E-state index in [2.05, 4.69) is 33.2 Å². The van der Waals surface area contributed by atoms with Crippen LogP contribution in [0.1, 0.15) is 31.7 Å². The molecule has 6 nitrogen and oxygen atoms in total. The molecule has 2 aromatic heterocycles. The number of carbonyl (C=O) groups is 1. The minimum atomic E-state index is -0.733. The number of halogens is 1. The maximum Gasteiger partial charge on any atom is 0.263 e. The maximum atomic E-state index is 13.6. The minimum Gasteiger partial charge on any atom is -0.494 e. The van der Waals surface area contributed by atoms with Crippen molar-refractivity contribution < 1.29 is 9.53 Å². The normalized spacial score (nSPS) is 12.0. The van der Waals surface area contributed by atoms with Crippen LogP contribution in [0.15, 0.2) is 64.1 Å². The van der Waals surface area contributed by atoms with Crippen LogP contribution in [0, 0.1) is 0 Å². The molecule has 0 fully saturated rings. The summed E-state index contributed by atoms with van der Waals surface area (Å²) in [6, 6.07) is 14.3. The number of aryl methyl sites for hydroxylation is 1.